The smallest absolute Gasteiger partial charge is 0.219 e. The van der Waals surface area contributed by atoms with Crippen LogP contribution in [0.1, 0.15) is 0 Å². The lowest BCUT2D eigenvalue weighted by Gasteiger charge is -1.80. The molecule has 56 valence electrons. The predicted octanol–water partition coefficient (Wildman–Crippen LogP) is -1.41. The Bertz CT molecular complexity index is 327. The highest BCUT2D eigenvalue weighted by atomic mass is 32.3. The monoisotopic (exact) mass is 181 g/mol. The highest BCUT2D eigenvalue weighted by Gasteiger charge is 2.25. The Labute approximate surface area is 60.0 Å². The predicted molar refractivity (Wildman–Crippen MR) is 36.0 cm³/mol. The third-order valence-electron chi connectivity index (χ3n) is 0.745. The maximum atomic E-state index is 10.5. The number of nitrogen functional groups attached to an aromatic ring is 1. The molecule has 0 aromatic carbocycles. The molecule has 1 aromatic heterocycles. The Morgan fingerprint density at radius 2 is 2.20 bits per heavy atom. The first-order valence-electron chi connectivity index (χ1n) is 2.13. The molecule has 0 saturated carbocycles. The summed E-state index contributed by atoms with van der Waals surface area (Å²) in [5, 5.41) is 16.5. The van der Waals surface area contributed by atoms with Crippen molar-refractivity contribution in [1.29, 1.82) is 0 Å². The van der Waals surface area contributed by atoms with E-state index in [1.165, 1.54) is 5.51 Å². The van der Waals surface area contributed by atoms with Crippen LogP contribution in [0.15, 0.2) is 9.85 Å². The van der Waals surface area contributed by atoms with Crippen molar-refractivity contribution in [1.82, 2.24) is 10.2 Å². The van der Waals surface area contributed by atoms with Crippen LogP contribution in [-0.4, -0.2) is 18.6 Å². The molecule has 0 radical (unpaired) electrons. The van der Waals surface area contributed by atoms with Crippen LogP contribution < -0.4 is 10.3 Å². The zero-order chi connectivity index (χ0) is 7.78. The molecule has 1 heterocycles. The summed E-state index contributed by atoms with van der Waals surface area (Å²) in [6.07, 6.45) is 0. The minimum atomic E-state index is -3.74. The zero-order valence-corrected chi connectivity index (χ0v) is 6.39. The van der Waals surface area contributed by atoms with Gasteiger partial charge in [-0.2, -0.15) is 0 Å². The van der Waals surface area contributed by atoms with Gasteiger partial charge in [-0.25, -0.2) is 13.6 Å². The van der Waals surface area contributed by atoms with Crippen molar-refractivity contribution in [2.75, 3.05) is 5.14 Å². The van der Waals surface area contributed by atoms with Crippen molar-refractivity contribution in [3.8, 4) is 0 Å². The van der Waals surface area contributed by atoms with Crippen molar-refractivity contribution in [2.24, 2.45) is 5.14 Å². The van der Waals surface area contributed by atoms with E-state index in [9.17, 15) is 8.42 Å². The van der Waals surface area contributed by atoms with E-state index in [1.54, 1.807) is 0 Å². The van der Waals surface area contributed by atoms with Gasteiger partial charge >= 0.3 is 14.4 Å². The lowest BCUT2D eigenvalue weighted by molar-refractivity contribution is 0.595. The molecule has 1 aromatic rings. The number of rotatable bonds is 1. The van der Waals surface area contributed by atoms with E-state index in [0.717, 1.165) is 0 Å². The van der Waals surface area contributed by atoms with Gasteiger partial charge in [-0.3, -0.25) is 0 Å². The summed E-state index contributed by atoms with van der Waals surface area (Å²) in [6, 6.07) is 0. The molecule has 0 spiro atoms. The first kappa shape index (κ1) is 7.54. The molecule has 1 atom stereocenters. The molecule has 0 saturated heterocycles. The van der Waals surface area contributed by atoms with E-state index >= 15 is 0 Å². The maximum absolute atomic E-state index is 10.5. The van der Waals surface area contributed by atoms with Crippen molar-refractivity contribution >= 4 is 20.7 Å². The minimum Gasteiger partial charge on any atom is -0.219 e. The molecule has 0 bridgehead atoms. The summed E-state index contributed by atoms with van der Waals surface area (Å²) in [4.78, 5) is 0. The Balaban J connectivity index is 3.32. The molecular formula is C2H5N4O2S2+. The van der Waals surface area contributed by atoms with E-state index in [0.29, 0.717) is 0 Å². The fourth-order valence-corrected chi connectivity index (χ4v) is 2.15. The summed E-state index contributed by atoms with van der Waals surface area (Å²) in [7, 11) is -4.77. The van der Waals surface area contributed by atoms with E-state index in [2.05, 4.69) is 10.2 Å². The molecule has 4 N–H and O–H groups in total. The summed E-state index contributed by atoms with van der Waals surface area (Å²) >= 11 is 0. The van der Waals surface area contributed by atoms with Crippen LogP contribution in [0.3, 0.4) is 0 Å². The first-order chi connectivity index (χ1) is 4.52. The van der Waals surface area contributed by atoms with Crippen molar-refractivity contribution in [3.05, 3.63) is 5.51 Å². The van der Waals surface area contributed by atoms with Gasteiger partial charge in [-0.05, 0) is 0 Å². The Kier molecular flexibility index (Phi) is 1.68. The van der Waals surface area contributed by atoms with Crippen LogP contribution in [0, 0.1) is 0 Å². The SMILES string of the molecule is N[s+]1cnnc1S(N)(=O)=O. The fourth-order valence-electron chi connectivity index (χ4n) is 0.405. The van der Waals surface area contributed by atoms with Gasteiger partial charge in [0.05, 0.1) is 0 Å². The number of primary sulfonamides is 1. The molecule has 1 rings (SSSR count). The second kappa shape index (κ2) is 2.23. The summed E-state index contributed by atoms with van der Waals surface area (Å²) in [5.74, 6) is 0. The molecule has 0 aliphatic carbocycles. The van der Waals surface area contributed by atoms with Crippen molar-refractivity contribution in [3.63, 3.8) is 0 Å². The number of aromatic nitrogens is 2. The molecule has 1 unspecified atom stereocenters. The van der Waals surface area contributed by atoms with E-state index in [4.69, 9.17) is 10.3 Å². The van der Waals surface area contributed by atoms with E-state index in [-0.39, 0.29) is 4.34 Å². The Morgan fingerprint density at radius 1 is 1.60 bits per heavy atom. The first-order valence-corrected chi connectivity index (χ1v) is 5.03. The molecule has 0 amide bonds. The van der Waals surface area contributed by atoms with Crippen molar-refractivity contribution < 1.29 is 8.42 Å². The summed E-state index contributed by atoms with van der Waals surface area (Å²) in [6.45, 7) is 0. The highest BCUT2D eigenvalue weighted by Crippen LogP contribution is 2.14. The molecule has 6 nitrogen and oxygen atoms in total. The van der Waals surface area contributed by atoms with E-state index in [1.807, 2.05) is 0 Å². The number of nitrogens with two attached hydrogens (primary N) is 2. The number of nitrogens with zero attached hydrogens (tertiary/aromatic N) is 2. The lowest BCUT2D eigenvalue weighted by atomic mass is 11.6. The van der Waals surface area contributed by atoms with Gasteiger partial charge in [-0.15, -0.1) is 5.14 Å². The molecule has 8 heteroatoms. The van der Waals surface area contributed by atoms with Gasteiger partial charge in [0.2, 0.25) is 0 Å². The summed E-state index contributed by atoms with van der Waals surface area (Å²) in [5.41, 5.74) is 1.24. The van der Waals surface area contributed by atoms with Gasteiger partial charge in [-0.1, -0.05) is 10.2 Å². The largest absolute Gasteiger partial charge is 0.414 e. The van der Waals surface area contributed by atoms with Crippen LogP contribution in [0.2, 0.25) is 0 Å². The van der Waals surface area contributed by atoms with Crippen LogP contribution in [-0.2, 0) is 10.0 Å². The second-order valence-corrected chi connectivity index (χ2v) is 4.58. The van der Waals surface area contributed by atoms with Gasteiger partial charge in [0, 0.05) is 0 Å². The van der Waals surface area contributed by atoms with Gasteiger partial charge in [0.25, 0.3) is 5.51 Å². The topological polar surface area (TPSA) is 112 Å². The Morgan fingerprint density at radius 3 is 2.40 bits per heavy atom. The third-order valence-corrected chi connectivity index (χ3v) is 3.39. The maximum Gasteiger partial charge on any atom is 0.414 e. The van der Waals surface area contributed by atoms with E-state index < -0.39 is 20.7 Å². The van der Waals surface area contributed by atoms with Crippen LogP contribution in [0.5, 0.6) is 0 Å². The zero-order valence-electron chi connectivity index (χ0n) is 4.76. The second-order valence-electron chi connectivity index (χ2n) is 1.50. The Hall–Kier alpha value is -0.570. The third kappa shape index (κ3) is 1.29. The number of sulfonamides is 1. The highest BCUT2D eigenvalue weighted by molar-refractivity contribution is 7.91. The quantitative estimate of drug-likeness (QED) is 0.517. The summed E-state index contributed by atoms with van der Waals surface area (Å²) < 4.78 is 20.8. The van der Waals surface area contributed by atoms with Crippen molar-refractivity contribution in [2.45, 2.75) is 4.34 Å². The van der Waals surface area contributed by atoms with Gasteiger partial charge in [0.15, 0.2) is 0 Å². The number of hydrogen-bond donors (Lipinski definition) is 2. The van der Waals surface area contributed by atoms with Gasteiger partial charge < -0.3 is 0 Å². The minimum absolute atomic E-state index is 0.257. The standard InChI is InChI=1S/C2H5N4O2S2/c3-9-1-5-6-2(9)10(4,7)8/h1H,3H2,(H2,4,7,8)/q+1. The number of hydrogen-bond acceptors (Lipinski definition) is 5. The molecule has 0 fully saturated rings. The average molecular weight is 181 g/mol. The lowest BCUT2D eigenvalue weighted by Crippen LogP contribution is -2.13. The molecule has 10 heavy (non-hydrogen) atoms. The van der Waals surface area contributed by atoms with Crippen LogP contribution >= 0.6 is 10.7 Å². The molecule has 0 aliphatic heterocycles. The van der Waals surface area contributed by atoms with Gasteiger partial charge in [0.1, 0.15) is 10.7 Å². The van der Waals surface area contributed by atoms with Crippen LogP contribution in [0.25, 0.3) is 0 Å². The van der Waals surface area contributed by atoms with Crippen LogP contribution in [0.4, 0.5) is 0 Å². The molecule has 0 aliphatic rings. The fraction of sp³-hybridized carbons (Fsp3) is 0. The molecular weight excluding hydrogens is 176 g/mol. The average Bonchev–Trinajstić information content (AvgIpc) is 2.11. The normalized spacial score (nSPS) is 13.6.